The van der Waals surface area contributed by atoms with Crippen molar-refractivity contribution in [1.29, 1.82) is 0 Å². The minimum Gasteiger partial charge on any atom is -0.364 e. The summed E-state index contributed by atoms with van der Waals surface area (Å²) in [6.45, 7) is 2.92. The van der Waals surface area contributed by atoms with E-state index in [4.69, 9.17) is 0 Å². The van der Waals surface area contributed by atoms with E-state index in [2.05, 4.69) is 33.0 Å². The van der Waals surface area contributed by atoms with Crippen LogP contribution in [0.25, 0.3) is 11.0 Å². The fourth-order valence-corrected chi connectivity index (χ4v) is 2.80. The second-order valence-corrected chi connectivity index (χ2v) is 5.06. The van der Waals surface area contributed by atoms with Crippen molar-refractivity contribution in [3.63, 3.8) is 0 Å². The second-order valence-electron chi connectivity index (χ2n) is 4.32. The Balaban J connectivity index is 1.89. The summed E-state index contributed by atoms with van der Waals surface area (Å²) in [4.78, 5) is 8.75. The molecule has 3 aromatic rings. The Morgan fingerprint density at radius 2 is 2.22 bits per heavy atom. The Labute approximate surface area is 109 Å². The molecule has 4 nitrogen and oxygen atoms in total. The zero-order valence-corrected chi connectivity index (χ0v) is 11.2. The van der Waals surface area contributed by atoms with E-state index >= 15 is 0 Å². The summed E-state index contributed by atoms with van der Waals surface area (Å²) in [6, 6.07) is 1.98. The average molecular weight is 258 g/mol. The van der Waals surface area contributed by atoms with E-state index in [0.29, 0.717) is 0 Å². The summed E-state index contributed by atoms with van der Waals surface area (Å²) in [6.07, 6.45) is 3.63. The minimum absolute atomic E-state index is 0.790. The molecule has 0 bridgehead atoms. The maximum Gasteiger partial charge on any atom is 0.154 e. The normalized spacial score (nSPS) is 11.0. The van der Waals surface area contributed by atoms with Crippen LogP contribution in [0.15, 0.2) is 29.4 Å². The van der Waals surface area contributed by atoms with Crippen molar-refractivity contribution >= 4 is 28.2 Å². The molecule has 0 amide bonds. The molecule has 3 aromatic heterocycles. The number of thiophene rings is 1. The van der Waals surface area contributed by atoms with Crippen LogP contribution in [0, 0.1) is 6.92 Å². The van der Waals surface area contributed by atoms with Crippen LogP contribution in [0.1, 0.15) is 11.1 Å². The molecular weight excluding hydrogens is 244 g/mol. The largest absolute Gasteiger partial charge is 0.364 e. The Hall–Kier alpha value is -1.88. The lowest BCUT2D eigenvalue weighted by molar-refractivity contribution is 0.947. The highest BCUT2D eigenvalue weighted by Gasteiger charge is 2.07. The van der Waals surface area contributed by atoms with Gasteiger partial charge in [-0.15, -0.1) is 0 Å². The van der Waals surface area contributed by atoms with E-state index in [1.54, 1.807) is 11.3 Å². The van der Waals surface area contributed by atoms with Crippen LogP contribution < -0.4 is 5.32 Å². The van der Waals surface area contributed by atoms with Gasteiger partial charge in [-0.2, -0.15) is 11.3 Å². The fourth-order valence-electron chi connectivity index (χ4n) is 1.94. The maximum atomic E-state index is 4.38. The second kappa shape index (κ2) is 4.42. The number of anilines is 1. The van der Waals surface area contributed by atoms with E-state index < -0.39 is 0 Å². The Kier molecular flexibility index (Phi) is 2.76. The quantitative estimate of drug-likeness (QED) is 0.785. The van der Waals surface area contributed by atoms with Crippen LogP contribution in [0.5, 0.6) is 0 Å². The predicted octanol–water partition coefficient (Wildman–Crippen LogP) is 2.95. The molecule has 0 aromatic carbocycles. The van der Waals surface area contributed by atoms with Crippen LogP contribution in [0.4, 0.5) is 5.82 Å². The van der Waals surface area contributed by atoms with Gasteiger partial charge < -0.3 is 9.88 Å². The van der Waals surface area contributed by atoms with E-state index in [9.17, 15) is 0 Å². The highest BCUT2D eigenvalue weighted by atomic mass is 32.1. The monoisotopic (exact) mass is 258 g/mol. The van der Waals surface area contributed by atoms with Crippen molar-refractivity contribution in [3.05, 3.63) is 40.5 Å². The van der Waals surface area contributed by atoms with Gasteiger partial charge in [0.2, 0.25) is 0 Å². The molecule has 0 atom stereocenters. The van der Waals surface area contributed by atoms with Gasteiger partial charge in [-0.05, 0) is 34.9 Å². The van der Waals surface area contributed by atoms with Crippen LogP contribution in [0.2, 0.25) is 0 Å². The number of hydrogen-bond acceptors (Lipinski definition) is 4. The fraction of sp³-hybridized carbons (Fsp3) is 0.231. The van der Waals surface area contributed by atoms with Gasteiger partial charge in [-0.1, -0.05) is 0 Å². The lowest BCUT2D eigenvalue weighted by atomic mass is 10.2. The smallest absolute Gasteiger partial charge is 0.154 e. The molecule has 0 saturated carbocycles. The van der Waals surface area contributed by atoms with Crippen LogP contribution in [0.3, 0.4) is 0 Å². The molecule has 3 rings (SSSR count). The summed E-state index contributed by atoms with van der Waals surface area (Å²) in [5, 5.41) is 7.69. The molecule has 0 aliphatic carbocycles. The number of nitrogens with zero attached hydrogens (tertiary/aromatic N) is 3. The first-order chi connectivity index (χ1) is 8.75. The lowest BCUT2D eigenvalue weighted by Gasteiger charge is -2.06. The zero-order valence-electron chi connectivity index (χ0n) is 10.3. The summed E-state index contributed by atoms with van der Waals surface area (Å²) in [5.41, 5.74) is 4.65. The zero-order chi connectivity index (χ0) is 12.5. The highest BCUT2D eigenvalue weighted by molar-refractivity contribution is 7.08. The topological polar surface area (TPSA) is 42.7 Å². The number of imidazole rings is 1. The van der Waals surface area contributed by atoms with E-state index in [1.165, 1.54) is 11.1 Å². The van der Waals surface area contributed by atoms with Crippen LogP contribution in [-0.4, -0.2) is 14.5 Å². The molecule has 0 aliphatic heterocycles. The number of fused-ring (bicyclic) bond motifs is 1. The summed E-state index contributed by atoms with van der Waals surface area (Å²) >= 11 is 1.73. The summed E-state index contributed by atoms with van der Waals surface area (Å²) in [5.74, 6) is 0.846. The SMILES string of the molecule is Cc1cscc1CNc1nccc2c1ncn2C. The van der Waals surface area contributed by atoms with Crippen LogP contribution >= 0.6 is 11.3 Å². The standard InChI is InChI=1S/C13H14N4S/c1-9-6-18-7-10(9)5-15-13-12-11(3-4-14-13)17(2)8-16-12/h3-4,6-8H,5H2,1-2H3,(H,14,15). The lowest BCUT2D eigenvalue weighted by Crippen LogP contribution is -2.02. The molecule has 0 radical (unpaired) electrons. The van der Waals surface area contributed by atoms with Gasteiger partial charge in [0, 0.05) is 19.8 Å². The molecule has 1 N–H and O–H groups in total. The van der Waals surface area contributed by atoms with Crippen molar-refractivity contribution in [2.75, 3.05) is 5.32 Å². The highest BCUT2D eigenvalue weighted by Crippen LogP contribution is 2.20. The van der Waals surface area contributed by atoms with Gasteiger partial charge in [0.05, 0.1) is 11.8 Å². The molecule has 0 spiro atoms. The first-order valence-electron chi connectivity index (χ1n) is 5.77. The third-order valence-corrected chi connectivity index (χ3v) is 3.96. The van der Waals surface area contributed by atoms with Crippen molar-refractivity contribution in [2.24, 2.45) is 7.05 Å². The van der Waals surface area contributed by atoms with Gasteiger partial charge in [0.15, 0.2) is 5.82 Å². The first-order valence-corrected chi connectivity index (χ1v) is 6.71. The third kappa shape index (κ3) is 1.86. The molecule has 3 heterocycles. The van der Waals surface area contributed by atoms with Crippen molar-refractivity contribution in [3.8, 4) is 0 Å². The summed E-state index contributed by atoms with van der Waals surface area (Å²) in [7, 11) is 1.99. The maximum absolute atomic E-state index is 4.38. The molecule has 0 aliphatic rings. The molecule has 18 heavy (non-hydrogen) atoms. The molecule has 92 valence electrons. The number of pyridine rings is 1. The summed E-state index contributed by atoms with van der Waals surface area (Å²) < 4.78 is 2.00. The predicted molar refractivity (Wildman–Crippen MR) is 74.9 cm³/mol. The molecule has 5 heteroatoms. The number of aromatic nitrogens is 3. The first kappa shape index (κ1) is 11.2. The molecular formula is C13H14N4S. The van der Waals surface area contributed by atoms with Gasteiger partial charge in [0.1, 0.15) is 5.52 Å². The Morgan fingerprint density at radius 3 is 3.00 bits per heavy atom. The van der Waals surface area contributed by atoms with E-state index in [-0.39, 0.29) is 0 Å². The van der Waals surface area contributed by atoms with Crippen molar-refractivity contribution in [1.82, 2.24) is 14.5 Å². The van der Waals surface area contributed by atoms with Gasteiger partial charge in [-0.3, -0.25) is 0 Å². The van der Waals surface area contributed by atoms with Crippen LogP contribution in [-0.2, 0) is 13.6 Å². The molecule has 0 saturated heterocycles. The van der Waals surface area contributed by atoms with Gasteiger partial charge in [0.25, 0.3) is 0 Å². The molecule has 0 unspecified atom stereocenters. The van der Waals surface area contributed by atoms with Gasteiger partial charge in [-0.25, -0.2) is 9.97 Å². The van der Waals surface area contributed by atoms with E-state index in [1.807, 2.05) is 30.2 Å². The average Bonchev–Trinajstić information content (AvgIpc) is 2.95. The van der Waals surface area contributed by atoms with E-state index in [0.717, 1.165) is 23.4 Å². The van der Waals surface area contributed by atoms with Crippen molar-refractivity contribution in [2.45, 2.75) is 13.5 Å². The molecule has 0 fully saturated rings. The minimum atomic E-state index is 0.790. The number of hydrogen-bond donors (Lipinski definition) is 1. The van der Waals surface area contributed by atoms with Gasteiger partial charge >= 0.3 is 0 Å². The van der Waals surface area contributed by atoms with Crippen molar-refractivity contribution < 1.29 is 0 Å². The number of rotatable bonds is 3. The number of aryl methyl sites for hydroxylation is 2. The third-order valence-electron chi connectivity index (χ3n) is 3.05. The number of nitrogens with one attached hydrogen (secondary N) is 1. The Morgan fingerprint density at radius 1 is 1.33 bits per heavy atom. The Bertz CT molecular complexity index is 683.